The average molecular weight is 306 g/mol. The van der Waals surface area contributed by atoms with Crippen molar-refractivity contribution in [3.05, 3.63) is 52.3 Å². The summed E-state index contributed by atoms with van der Waals surface area (Å²) in [5, 5.41) is 2.77. The van der Waals surface area contributed by atoms with Gasteiger partial charge in [-0.05, 0) is 37.3 Å². The summed E-state index contributed by atoms with van der Waals surface area (Å²) < 4.78 is 0.956. The predicted octanol–water partition coefficient (Wildman–Crippen LogP) is 2.99. The number of halogens is 1. The number of rotatable bonds is 2. The van der Waals surface area contributed by atoms with Gasteiger partial charge in [-0.3, -0.25) is 9.78 Å². The molecule has 2 aromatic rings. The van der Waals surface area contributed by atoms with E-state index < -0.39 is 0 Å². The minimum Gasteiger partial charge on any atom is -0.398 e. The molecule has 0 aliphatic carbocycles. The number of nitrogens with two attached hydrogens (primary N) is 1. The molecule has 3 N–H and O–H groups in total. The summed E-state index contributed by atoms with van der Waals surface area (Å²) in [6, 6.07) is 8.99. The Morgan fingerprint density at radius 3 is 2.61 bits per heavy atom. The van der Waals surface area contributed by atoms with E-state index in [2.05, 4.69) is 26.2 Å². The number of amides is 1. The normalized spacial score (nSPS) is 10.1. The fraction of sp³-hybridized carbons (Fsp3) is 0.0769. The van der Waals surface area contributed by atoms with Gasteiger partial charge in [-0.25, -0.2) is 0 Å². The highest BCUT2D eigenvalue weighted by Gasteiger charge is 2.10. The van der Waals surface area contributed by atoms with Gasteiger partial charge in [-0.1, -0.05) is 15.9 Å². The van der Waals surface area contributed by atoms with Crippen LogP contribution in [0.2, 0.25) is 0 Å². The second kappa shape index (κ2) is 5.18. The number of anilines is 2. The largest absolute Gasteiger partial charge is 0.398 e. The Balaban J connectivity index is 2.19. The molecule has 0 atom stereocenters. The van der Waals surface area contributed by atoms with E-state index in [1.54, 1.807) is 18.2 Å². The minimum atomic E-state index is -0.262. The molecule has 1 heterocycles. The summed E-state index contributed by atoms with van der Waals surface area (Å²) >= 11 is 3.33. The van der Waals surface area contributed by atoms with Crippen molar-refractivity contribution in [3.8, 4) is 0 Å². The summed E-state index contributed by atoms with van der Waals surface area (Å²) in [6.07, 6.45) is 1.48. The smallest absolute Gasteiger partial charge is 0.259 e. The van der Waals surface area contributed by atoms with Crippen LogP contribution in [-0.4, -0.2) is 10.9 Å². The van der Waals surface area contributed by atoms with Gasteiger partial charge in [0.1, 0.15) is 0 Å². The first-order chi connectivity index (χ1) is 8.56. The maximum Gasteiger partial charge on any atom is 0.259 e. The first-order valence-electron chi connectivity index (χ1n) is 5.35. The summed E-state index contributed by atoms with van der Waals surface area (Å²) in [5.74, 6) is -0.262. The Labute approximate surface area is 113 Å². The summed E-state index contributed by atoms with van der Waals surface area (Å²) in [7, 11) is 0. The zero-order chi connectivity index (χ0) is 13.1. The summed E-state index contributed by atoms with van der Waals surface area (Å²) in [5.41, 5.74) is 8.09. The third-order valence-corrected chi connectivity index (χ3v) is 2.95. The highest BCUT2D eigenvalue weighted by atomic mass is 79.9. The molecule has 0 unspecified atom stereocenters. The van der Waals surface area contributed by atoms with Crippen LogP contribution in [0.4, 0.5) is 11.4 Å². The second-order valence-corrected chi connectivity index (χ2v) is 4.79. The number of aryl methyl sites for hydroxylation is 1. The molecule has 0 fully saturated rings. The lowest BCUT2D eigenvalue weighted by atomic mass is 10.2. The molecule has 18 heavy (non-hydrogen) atoms. The Morgan fingerprint density at radius 1 is 1.33 bits per heavy atom. The number of carbonyl (C=O) groups excluding carboxylic acids is 1. The third kappa shape index (κ3) is 2.87. The number of aromatic nitrogens is 1. The monoisotopic (exact) mass is 305 g/mol. The average Bonchev–Trinajstić information content (AvgIpc) is 2.32. The van der Waals surface area contributed by atoms with Crippen molar-refractivity contribution in [1.82, 2.24) is 4.98 Å². The molecule has 1 aromatic carbocycles. The lowest BCUT2D eigenvalue weighted by molar-refractivity contribution is 0.102. The molecule has 0 radical (unpaired) electrons. The molecular formula is C13H12BrN3O. The van der Waals surface area contributed by atoms with Crippen molar-refractivity contribution < 1.29 is 4.79 Å². The quantitative estimate of drug-likeness (QED) is 0.896. The molecule has 1 amide bonds. The van der Waals surface area contributed by atoms with Gasteiger partial charge in [-0.2, -0.15) is 0 Å². The van der Waals surface area contributed by atoms with Gasteiger partial charge in [0.05, 0.1) is 5.56 Å². The van der Waals surface area contributed by atoms with E-state index in [0.717, 1.165) is 10.2 Å². The van der Waals surface area contributed by atoms with Gasteiger partial charge < -0.3 is 11.1 Å². The van der Waals surface area contributed by atoms with Crippen LogP contribution in [0, 0.1) is 6.92 Å². The second-order valence-electron chi connectivity index (χ2n) is 3.87. The molecule has 0 aliphatic heterocycles. The molecule has 0 saturated carbocycles. The van der Waals surface area contributed by atoms with Gasteiger partial charge in [0.15, 0.2) is 0 Å². The zero-order valence-electron chi connectivity index (χ0n) is 9.77. The number of pyridine rings is 1. The van der Waals surface area contributed by atoms with Gasteiger partial charge in [-0.15, -0.1) is 0 Å². The standard InChI is InChI=1S/C13H12BrN3O/c1-8-6-12(15)11(7-16-8)13(18)17-10-4-2-9(14)3-5-10/h2-7H,1H3,(H2,15,16)(H,17,18). The van der Waals surface area contributed by atoms with Crippen molar-refractivity contribution >= 4 is 33.2 Å². The third-order valence-electron chi connectivity index (χ3n) is 2.42. The van der Waals surface area contributed by atoms with E-state index in [0.29, 0.717) is 16.9 Å². The number of hydrogen-bond acceptors (Lipinski definition) is 3. The molecular weight excluding hydrogens is 294 g/mol. The molecule has 2 rings (SSSR count). The van der Waals surface area contributed by atoms with E-state index in [9.17, 15) is 4.79 Å². The summed E-state index contributed by atoms with van der Waals surface area (Å²) in [6.45, 7) is 1.83. The maximum atomic E-state index is 12.0. The molecule has 4 nitrogen and oxygen atoms in total. The van der Waals surface area contributed by atoms with E-state index in [4.69, 9.17) is 5.73 Å². The number of nitrogens with one attached hydrogen (secondary N) is 1. The minimum absolute atomic E-state index is 0.262. The molecule has 0 spiro atoms. The Morgan fingerprint density at radius 2 is 2.00 bits per heavy atom. The fourth-order valence-corrected chi connectivity index (χ4v) is 1.77. The molecule has 92 valence electrons. The van der Waals surface area contributed by atoms with Crippen LogP contribution in [-0.2, 0) is 0 Å². The lowest BCUT2D eigenvalue weighted by Gasteiger charge is -2.07. The SMILES string of the molecule is Cc1cc(N)c(C(=O)Nc2ccc(Br)cc2)cn1. The number of nitrogen functional groups attached to an aromatic ring is 1. The van der Waals surface area contributed by atoms with E-state index in [1.807, 2.05) is 19.1 Å². The highest BCUT2D eigenvalue weighted by molar-refractivity contribution is 9.10. The molecule has 0 aliphatic rings. The summed E-state index contributed by atoms with van der Waals surface area (Å²) in [4.78, 5) is 16.1. The van der Waals surface area contributed by atoms with Gasteiger partial charge in [0, 0.05) is 27.7 Å². The van der Waals surface area contributed by atoms with Crippen LogP contribution in [0.1, 0.15) is 16.1 Å². The van der Waals surface area contributed by atoms with E-state index in [1.165, 1.54) is 6.20 Å². The Bertz CT molecular complexity index is 581. The lowest BCUT2D eigenvalue weighted by Crippen LogP contribution is -2.14. The van der Waals surface area contributed by atoms with E-state index in [-0.39, 0.29) is 5.91 Å². The topological polar surface area (TPSA) is 68.0 Å². The Kier molecular flexibility index (Phi) is 3.62. The number of carbonyl (C=O) groups is 1. The van der Waals surface area contributed by atoms with Crippen LogP contribution in [0.3, 0.4) is 0 Å². The number of hydrogen-bond donors (Lipinski definition) is 2. The first kappa shape index (κ1) is 12.6. The zero-order valence-corrected chi connectivity index (χ0v) is 11.4. The van der Waals surface area contributed by atoms with Crippen LogP contribution >= 0.6 is 15.9 Å². The fourth-order valence-electron chi connectivity index (χ4n) is 1.50. The van der Waals surface area contributed by atoms with Crippen molar-refractivity contribution in [2.24, 2.45) is 0 Å². The van der Waals surface area contributed by atoms with E-state index >= 15 is 0 Å². The van der Waals surface area contributed by atoms with Crippen molar-refractivity contribution in [3.63, 3.8) is 0 Å². The van der Waals surface area contributed by atoms with Crippen LogP contribution in [0.25, 0.3) is 0 Å². The number of benzene rings is 1. The van der Waals surface area contributed by atoms with Crippen molar-refractivity contribution in [2.45, 2.75) is 6.92 Å². The van der Waals surface area contributed by atoms with Gasteiger partial charge in [0.25, 0.3) is 5.91 Å². The highest BCUT2D eigenvalue weighted by Crippen LogP contribution is 2.17. The Hall–Kier alpha value is -1.88. The van der Waals surface area contributed by atoms with Gasteiger partial charge >= 0.3 is 0 Å². The molecule has 0 bridgehead atoms. The molecule has 0 saturated heterocycles. The van der Waals surface area contributed by atoms with Crippen LogP contribution in [0.15, 0.2) is 41.0 Å². The number of nitrogens with zero attached hydrogens (tertiary/aromatic N) is 1. The maximum absolute atomic E-state index is 12.0. The van der Waals surface area contributed by atoms with Crippen molar-refractivity contribution in [2.75, 3.05) is 11.1 Å². The van der Waals surface area contributed by atoms with Gasteiger partial charge in [0.2, 0.25) is 0 Å². The first-order valence-corrected chi connectivity index (χ1v) is 6.14. The van der Waals surface area contributed by atoms with Crippen molar-refractivity contribution in [1.29, 1.82) is 0 Å². The van der Waals surface area contributed by atoms with Crippen LogP contribution in [0.5, 0.6) is 0 Å². The molecule has 5 heteroatoms. The van der Waals surface area contributed by atoms with Crippen LogP contribution < -0.4 is 11.1 Å². The predicted molar refractivity (Wildman–Crippen MR) is 75.5 cm³/mol. The molecule has 1 aromatic heterocycles.